The van der Waals surface area contributed by atoms with Crippen molar-refractivity contribution in [3.63, 3.8) is 0 Å². The number of aliphatic carboxylic acids is 1. The first-order valence-electron chi connectivity index (χ1n) is 12.4. The molecule has 0 bridgehead atoms. The van der Waals surface area contributed by atoms with Crippen LogP contribution in [-0.2, 0) is 17.8 Å². The van der Waals surface area contributed by atoms with Crippen LogP contribution in [0.15, 0.2) is 60.7 Å². The van der Waals surface area contributed by atoms with E-state index in [0.29, 0.717) is 48.1 Å². The Morgan fingerprint density at radius 1 is 1.05 bits per heavy atom. The summed E-state index contributed by atoms with van der Waals surface area (Å²) in [5, 5.41) is 9.12. The lowest BCUT2D eigenvalue weighted by Gasteiger charge is -2.16. The number of rotatable bonds is 9. The zero-order chi connectivity index (χ0) is 25.9. The molecule has 37 heavy (non-hydrogen) atoms. The monoisotopic (exact) mass is 524 g/mol. The van der Waals surface area contributed by atoms with Crippen LogP contribution in [0.5, 0.6) is 5.75 Å². The van der Waals surface area contributed by atoms with E-state index in [1.165, 1.54) is 6.07 Å². The van der Waals surface area contributed by atoms with Crippen molar-refractivity contribution >= 4 is 28.6 Å². The van der Waals surface area contributed by atoms with Crippen molar-refractivity contribution < 1.29 is 23.4 Å². The quantitative estimate of drug-likeness (QED) is 0.244. The number of benzene rings is 3. The highest BCUT2D eigenvalue weighted by Gasteiger charge is 2.24. The predicted octanol–water partition coefficient (Wildman–Crippen LogP) is 6.83. The molecule has 1 aliphatic rings. The van der Waals surface area contributed by atoms with Crippen molar-refractivity contribution in [3.8, 4) is 17.1 Å². The Labute approximate surface area is 218 Å². The Bertz CT molecular complexity index is 1420. The van der Waals surface area contributed by atoms with Gasteiger partial charge in [-0.05, 0) is 54.9 Å². The summed E-state index contributed by atoms with van der Waals surface area (Å²) in [6.07, 6.45) is 3.43. The fourth-order valence-corrected chi connectivity index (χ4v) is 5.26. The molecule has 4 aromatic rings. The van der Waals surface area contributed by atoms with E-state index in [1.807, 2.05) is 53.1 Å². The molecule has 2 unspecified atom stereocenters. The first-order chi connectivity index (χ1) is 17.9. The Hall–Kier alpha value is -3.45. The number of ether oxygens (including phenoxy) is 1. The molecular weight excluding hydrogens is 498 g/mol. The number of hydrogen-bond acceptors (Lipinski definition) is 3. The van der Waals surface area contributed by atoms with Crippen LogP contribution in [-0.4, -0.2) is 32.6 Å². The molecule has 1 aliphatic carbocycles. The van der Waals surface area contributed by atoms with Crippen LogP contribution >= 0.6 is 11.6 Å². The van der Waals surface area contributed by atoms with E-state index < -0.39 is 17.6 Å². The third kappa shape index (κ3) is 5.77. The van der Waals surface area contributed by atoms with Gasteiger partial charge in [0.25, 0.3) is 0 Å². The number of fused-ring (bicyclic) bond motifs is 1. The Morgan fingerprint density at radius 2 is 1.78 bits per heavy atom. The third-order valence-corrected chi connectivity index (χ3v) is 7.26. The molecule has 0 radical (unpaired) electrons. The maximum absolute atomic E-state index is 14.3. The minimum absolute atomic E-state index is 0.0592. The number of para-hydroxylation sites is 1. The Morgan fingerprint density at radius 3 is 2.51 bits per heavy atom. The maximum Gasteiger partial charge on any atom is 0.303 e. The summed E-state index contributed by atoms with van der Waals surface area (Å²) >= 11 is 6.27. The van der Waals surface area contributed by atoms with Gasteiger partial charge in [-0.3, -0.25) is 4.79 Å². The van der Waals surface area contributed by atoms with E-state index in [4.69, 9.17) is 21.4 Å². The minimum atomic E-state index is -0.951. The number of aromatic nitrogens is 2. The molecule has 2 atom stereocenters. The van der Waals surface area contributed by atoms with Gasteiger partial charge in [-0.25, -0.2) is 13.8 Å². The second-order valence-corrected chi connectivity index (χ2v) is 10.2. The number of hydrogen-bond donors (Lipinski definition) is 1. The zero-order valence-electron chi connectivity index (χ0n) is 20.2. The molecule has 1 saturated carbocycles. The fraction of sp³-hybridized carbons (Fsp3) is 0.310. The van der Waals surface area contributed by atoms with Gasteiger partial charge in [0.05, 0.1) is 23.2 Å². The van der Waals surface area contributed by atoms with Crippen molar-refractivity contribution in [1.29, 1.82) is 0 Å². The van der Waals surface area contributed by atoms with E-state index in [-0.39, 0.29) is 11.8 Å². The van der Waals surface area contributed by atoms with Gasteiger partial charge in [0.1, 0.15) is 11.6 Å². The molecule has 192 valence electrons. The number of alkyl halides is 1. The van der Waals surface area contributed by atoms with Crippen LogP contribution in [0, 0.1) is 17.6 Å². The van der Waals surface area contributed by atoms with Gasteiger partial charge in [0, 0.05) is 30.5 Å². The van der Waals surface area contributed by atoms with Crippen molar-refractivity contribution in [3.05, 3.63) is 83.4 Å². The molecule has 5 nitrogen and oxygen atoms in total. The number of carboxylic acid groups (broad SMARTS) is 1. The van der Waals surface area contributed by atoms with Crippen LogP contribution in [0.1, 0.15) is 36.8 Å². The van der Waals surface area contributed by atoms with E-state index >= 15 is 0 Å². The summed E-state index contributed by atoms with van der Waals surface area (Å²) in [5.41, 5.74) is 3.39. The summed E-state index contributed by atoms with van der Waals surface area (Å²) in [4.78, 5) is 15.6. The van der Waals surface area contributed by atoms with Crippen molar-refractivity contribution in [2.24, 2.45) is 5.92 Å². The van der Waals surface area contributed by atoms with Crippen LogP contribution in [0.3, 0.4) is 0 Å². The Balaban J connectivity index is 1.50. The lowest BCUT2D eigenvalue weighted by molar-refractivity contribution is -0.136. The highest BCUT2D eigenvalue weighted by molar-refractivity contribution is 6.20. The zero-order valence-corrected chi connectivity index (χ0v) is 20.9. The summed E-state index contributed by atoms with van der Waals surface area (Å²) < 4.78 is 36.5. The third-order valence-electron chi connectivity index (χ3n) is 6.86. The second-order valence-electron chi connectivity index (χ2n) is 9.57. The maximum atomic E-state index is 14.3. The number of nitrogens with zero attached hydrogens (tertiary/aromatic N) is 2. The molecular formula is C29H27ClF2N2O3. The molecule has 3 aromatic carbocycles. The number of halogens is 3. The molecule has 1 N–H and O–H groups in total. The van der Waals surface area contributed by atoms with Gasteiger partial charge in [-0.2, -0.15) is 0 Å². The smallest absolute Gasteiger partial charge is 0.303 e. The largest absolute Gasteiger partial charge is 0.493 e. The summed E-state index contributed by atoms with van der Waals surface area (Å²) in [7, 11) is 0. The standard InChI is InChI=1S/C29H27ClF2N2O3/c30-21-11-9-20(13-21)17-37-27-4-2-1-3-22(27)29-33-25-14-23(31)24(32)15-26(25)34(29)16-19-7-5-18(6-8-19)10-12-28(35)36/h1-8,14-15,20-21H,9-13,16-17H2,(H,35,36). The molecule has 0 aliphatic heterocycles. The van der Waals surface area contributed by atoms with Gasteiger partial charge in [0.15, 0.2) is 11.6 Å². The van der Waals surface area contributed by atoms with Gasteiger partial charge >= 0.3 is 5.97 Å². The molecule has 5 rings (SSSR count). The van der Waals surface area contributed by atoms with Crippen molar-refractivity contribution in [2.45, 2.75) is 44.0 Å². The minimum Gasteiger partial charge on any atom is -0.493 e. The van der Waals surface area contributed by atoms with Gasteiger partial charge in [0.2, 0.25) is 0 Å². The fourth-order valence-electron chi connectivity index (χ4n) is 4.88. The summed E-state index contributed by atoms with van der Waals surface area (Å²) in [5.74, 6) is -1.14. The molecule has 1 heterocycles. The summed E-state index contributed by atoms with van der Waals surface area (Å²) in [6.45, 7) is 0.905. The van der Waals surface area contributed by atoms with E-state index in [2.05, 4.69) is 4.98 Å². The van der Waals surface area contributed by atoms with Crippen molar-refractivity contribution in [1.82, 2.24) is 9.55 Å². The average molecular weight is 525 g/mol. The highest BCUT2D eigenvalue weighted by atomic mass is 35.5. The second kappa shape index (κ2) is 10.9. The van der Waals surface area contributed by atoms with Crippen molar-refractivity contribution in [2.75, 3.05) is 6.61 Å². The number of aryl methyl sites for hydroxylation is 1. The number of carboxylic acids is 1. The molecule has 0 saturated heterocycles. The van der Waals surface area contributed by atoms with Crippen LogP contribution in [0.2, 0.25) is 0 Å². The van der Waals surface area contributed by atoms with E-state index in [9.17, 15) is 13.6 Å². The lowest BCUT2D eigenvalue weighted by Crippen LogP contribution is -2.10. The van der Waals surface area contributed by atoms with Gasteiger partial charge < -0.3 is 14.4 Å². The molecule has 8 heteroatoms. The van der Waals surface area contributed by atoms with E-state index in [1.54, 1.807) is 0 Å². The number of imidazole rings is 1. The van der Waals surface area contributed by atoms with Crippen LogP contribution in [0.4, 0.5) is 8.78 Å². The molecule has 1 aromatic heterocycles. The normalized spacial score (nSPS) is 17.4. The number of carbonyl (C=O) groups is 1. The molecule has 1 fully saturated rings. The Kier molecular flexibility index (Phi) is 7.42. The average Bonchev–Trinajstić information content (AvgIpc) is 3.45. The van der Waals surface area contributed by atoms with Crippen LogP contribution in [0.25, 0.3) is 22.4 Å². The lowest BCUT2D eigenvalue weighted by atomic mass is 10.1. The first kappa shape index (κ1) is 25.2. The predicted molar refractivity (Wildman–Crippen MR) is 139 cm³/mol. The highest BCUT2D eigenvalue weighted by Crippen LogP contribution is 2.35. The van der Waals surface area contributed by atoms with Crippen LogP contribution < -0.4 is 4.74 Å². The SMILES string of the molecule is O=C(O)CCc1ccc(Cn2c(-c3ccccc3OCC3CCC(Cl)C3)nc3cc(F)c(F)cc32)cc1. The topological polar surface area (TPSA) is 64.3 Å². The van der Waals surface area contributed by atoms with E-state index in [0.717, 1.165) is 42.0 Å². The molecule has 0 amide bonds. The van der Waals surface area contributed by atoms with Gasteiger partial charge in [-0.1, -0.05) is 36.4 Å². The van der Waals surface area contributed by atoms with Gasteiger partial charge in [-0.15, -0.1) is 11.6 Å². The molecule has 0 spiro atoms. The first-order valence-corrected chi connectivity index (χ1v) is 12.8. The summed E-state index contributed by atoms with van der Waals surface area (Å²) in [6, 6.07) is 17.4.